The van der Waals surface area contributed by atoms with Crippen LogP contribution >= 0.6 is 0 Å². The minimum Gasteiger partial charge on any atom is -0.469 e. The van der Waals surface area contributed by atoms with Gasteiger partial charge in [-0.25, -0.2) is 4.79 Å². The van der Waals surface area contributed by atoms with E-state index in [-0.39, 0.29) is 5.91 Å². The summed E-state index contributed by atoms with van der Waals surface area (Å²) in [5.41, 5.74) is 0.976. The number of hydrogen-bond acceptors (Lipinski definition) is 4. The van der Waals surface area contributed by atoms with Gasteiger partial charge in [0.15, 0.2) is 6.10 Å². The molecule has 0 aliphatic rings. The molecule has 0 saturated carbocycles. The smallest absolute Gasteiger partial charge is 0.342 e. The zero-order valence-electron chi connectivity index (χ0n) is 11.3. The summed E-state index contributed by atoms with van der Waals surface area (Å²) in [6, 6.07) is 10.5. The molecule has 2 aromatic rings. The van der Waals surface area contributed by atoms with E-state index in [4.69, 9.17) is 9.15 Å². The van der Waals surface area contributed by atoms with Crippen LogP contribution in [0.4, 0.5) is 5.69 Å². The van der Waals surface area contributed by atoms with Crippen LogP contribution in [-0.2, 0) is 9.53 Å². The van der Waals surface area contributed by atoms with Crippen LogP contribution in [0.2, 0.25) is 0 Å². The first kappa shape index (κ1) is 13.9. The van der Waals surface area contributed by atoms with Gasteiger partial charge in [-0.15, -0.1) is 0 Å². The van der Waals surface area contributed by atoms with Crippen molar-refractivity contribution in [3.63, 3.8) is 0 Å². The quantitative estimate of drug-likeness (QED) is 0.870. The van der Waals surface area contributed by atoms with Gasteiger partial charge in [0.05, 0.1) is 6.26 Å². The van der Waals surface area contributed by atoms with Crippen LogP contribution in [0.15, 0.2) is 47.1 Å². The minimum atomic E-state index is -0.892. The Morgan fingerprint density at radius 3 is 2.50 bits per heavy atom. The average Bonchev–Trinajstić information content (AvgIpc) is 2.86. The Bertz CT molecular complexity index is 603. The molecule has 1 aromatic heterocycles. The molecule has 1 N–H and O–H groups in total. The predicted molar refractivity (Wildman–Crippen MR) is 73.4 cm³/mol. The summed E-state index contributed by atoms with van der Waals surface area (Å²) in [7, 11) is 0. The van der Waals surface area contributed by atoms with Crippen LogP contribution in [-0.4, -0.2) is 18.0 Å². The second-order valence-electron chi connectivity index (χ2n) is 4.29. The lowest BCUT2D eigenvalue weighted by atomic mass is 10.2. The fraction of sp³-hybridized carbons (Fsp3) is 0.200. The van der Waals surface area contributed by atoms with Gasteiger partial charge in [-0.05, 0) is 32.0 Å². The standard InChI is InChI=1S/C15H15NO4/c1-10-13(8-9-19-10)15(18)20-11(2)14(17)16-12-6-4-3-5-7-12/h3-9,11H,1-2H3,(H,16,17). The van der Waals surface area contributed by atoms with E-state index in [9.17, 15) is 9.59 Å². The maximum atomic E-state index is 11.9. The number of furan rings is 1. The number of carbonyl (C=O) groups is 2. The van der Waals surface area contributed by atoms with Gasteiger partial charge in [-0.1, -0.05) is 18.2 Å². The highest BCUT2D eigenvalue weighted by Gasteiger charge is 2.21. The van der Waals surface area contributed by atoms with Crippen molar-refractivity contribution in [2.45, 2.75) is 20.0 Å². The number of hydrogen-bond donors (Lipinski definition) is 1. The van der Waals surface area contributed by atoms with Gasteiger partial charge in [0.25, 0.3) is 5.91 Å². The van der Waals surface area contributed by atoms with Crippen LogP contribution in [0.5, 0.6) is 0 Å². The molecule has 5 heteroatoms. The number of nitrogens with one attached hydrogen (secondary N) is 1. The van der Waals surface area contributed by atoms with Crippen LogP contribution in [0.1, 0.15) is 23.0 Å². The highest BCUT2D eigenvalue weighted by molar-refractivity contribution is 5.97. The predicted octanol–water partition coefficient (Wildman–Crippen LogP) is 2.77. The monoisotopic (exact) mass is 273 g/mol. The lowest BCUT2D eigenvalue weighted by molar-refractivity contribution is -0.123. The topological polar surface area (TPSA) is 68.5 Å². The molecule has 0 fully saturated rings. The Balaban J connectivity index is 1.95. The normalized spacial score (nSPS) is 11.7. The van der Waals surface area contributed by atoms with Gasteiger partial charge >= 0.3 is 5.97 Å². The number of ether oxygens (including phenoxy) is 1. The van der Waals surface area contributed by atoms with Gasteiger partial charge in [-0.3, -0.25) is 4.79 Å². The average molecular weight is 273 g/mol. The Morgan fingerprint density at radius 2 is 1.90 bits per heavy atom. The molecule has 104 valence electrons. The summed E-state index contributed by atoms with van der Waals surface area (Å²) in [6.07, 6.45) is 0.512. The van der Waals surface area contributed by atoms with Gasteiger partial charge in [0.1, 0.15) is 11.3 Å². The summed E-state index contributed by atoms with van der Waals surface area (Å²) in [5.74, 6) is -0.497. The second-order valence-corrected chi connectivity index (χ2v) is 4.29. The third-order valence-corrected chi connectivity index (χ3v) is 2.77. The second kappa shape index (κ2) is 6.06. The zero-order chi connectivity index (χ0) is 14.5. The van der Waals surface area contributed by atoms with Crippen molar-refractivity contribution in [3.8, 4) is 0 Å². The van der Waals surface area contributed by atoms with Crippen molar-refractivity contribution in [3.05, 3.63) is 54.0 Å². The maximum Gasteiger partial charge on any atom is 0.342 e. The van der Waals surface area contributed by atoms with Crippen molar-refractivity contribution in [1.82, 2.24) is 0 Å². The third kappa shape index (κ3) is 3.26. The van der Waals surface area contributed by atoms with E-state index in [0.29, 0.717) is 17.0 Å². The van der Waals surface area contributed by atoms with Crippen LogP contribution < -0.4 is 5.32 Å². The first-order chi connectivity index (χ1) is 9.58. The Labute approximate surface area is 116 Å². The molecule has 1 amide bonds. The number of rotatable bonds is 4. The molecule has 0 spiro atoms. The number of esters is 1. The Kier molecular flexibility index (Phi) is 4.20. The molecule has 2 rings (SSSR count). The van der Waals surface area contributed by atoms with E-state index in [1.54, 1.807) is 31.2 Å². The van der Waals surface area contributed by atoms with Crippen LogP contribution in [0.3, 0.4) is 0 Å². The molecular weight excluding hydrogens is 258 g/mol. The fourth-order valence-electron chi connectivity index (χ4n) is 1.64. The van der Waals surface area contributed by atoms with Crippen molar-refractivity contribution in [2.75, 3.05) is 5.32 Å². The summed E-state index contributed by atoms with van der Waals surface area (Å²) >= 11 is 0. The van der Waals surface area contributed by atoms with Crippen molar-refractivity contribution in [2.24, 2.45) is 0 Å². The van der Waals surface area contributed by atoms with Crippen molar-refractivity contribution >= 4 is 17.6 Å². The molecule has 5 nitrogen and oxygen atoms in total. The molecule has 0 aliphatic heterocycles. The Hall–Kier alpha value is -2.56. The maximum absolute atomic E-state index is 11.9. The number of carbonyl (C=O) groups excluding carboxylic acids is 2. The lowest BCUT2D eigenvalue weighted by Crippen LogP contribution is -2.30. The molecule has 1 unspecified atom stereocenters. The molecule has 1 heterocycles. The summed E-state index contributed by atoms with van der Waals surface area (Å²) in [4.78, 5) is 23.7. The number of amides is 1. The number of anilines is 1. The minimum absolute atomic E-state index is 0.323. The molecule has 0 saturated heterocycles. The van der Waals surface area contributed by atoms with Crippen LogP contribution in [0.25, 0.3) is 0 Å². The van der Waals surface area contributed by atoms with E-state index in [0.717, 1.165) is 0 Å². The third-order valence-electron chi connectivity index (χ3n) is 2.77. The molecule has 1 aromatic carbocycles. The van der Waals surface area contributed by atoms with E-state index in [1.165, 1.54) is 19.3 Å². The molecule has 0 radical (unpaired) electrons. The van der Waals surface area contributed by atoms with E-state index < -0.39 is 12.1 Å². The number of benzene rings is 1. The van der Waals surface area contributed by atoms with Gasteiger partial charge in [0.2, 0.25) is 0 Å². The summed E-state index contributed by atoms with van der Waals surface area (Å²) < 4.78 is 10.1. The highest BCUT2D eigenvalue weighted by atomic mass is 16.5. The van der Waals surface area contributed by atoms with Crippen molar-refractivity contribution in [1.29, 1.82) is 0 Å². The first-order valence-corrected chi connectivity index (χ1v) is 6.19. The van der Waals surface area contributed by atoms with Gasteiger partial charge in [-0.2, -0.15) is 0 Å². The number of para-hydroxylation sites is 1. The highest BCUT2D eigenvalue weighted by Crippen LogP contribution is 2.12. The van der Waals surface area contributed by atoms with Gasteiger partial charge in [0, 0.05) is 5.69 Å². The molecule has 0 bridgehead atoms. The van der Waals surface area contributed by atoms with E-state index in [1.807, 2.05) is 6.07 Å². The van der Waals surface area contributed by atoms with Crippen molar-refractivity contribution < 1.29 is 18.7 Å². The first-order valence-electron chi connectivity index (χ1n) is 6.19. The molecule has 1 atom stereocenters. The molecular formula is C15H15NO4. The zero-order valence-corrected chi connectivity index (χ0v) is 11.3. The summed E-state index contributed by atoms with van der Waals surface area (Å²) in [5, 5.41) is 2.67. The van der Waals surface area contributed by atoms with E-state index >= 15 is 0 Å². The molecule has 0 aliphatic carbocycles. The van der Waals surface area contributed by atoms with Crippen LogP contribution in [0, 0.1) is 6.92 Å². The fourth-order valence-corrected chi connectivity index (χ4v) is 1.64. The Morgan fingerprint density at radius 1 is 1.20 bits per heavy atom. The SMILES string of the molecule is Cc1occc1C(=O)OC(C)C(=O)Nc1ccccc1. The largest absolute Gasteiger partial charge is 0.469 e. The lowest BCUT2D eigenvalue weighted by Gasteiger charge is -2.13. The summed E-state index contributed by atoms with van der Waals surface area (Å²) in [6.45, 7) is 3.18. The molecule has 20 heavy (non-hydrogen) atoms. The number of aryl methyl sites for hydroxylation is 1. The van der Waals surface area contributed by atoms with Gasteiger partial charge < -0.3 is 14.5 Å². The van der Waals surface area contributed by atoms with E-state index in [2.05, 4.69) is 5.32 Å².